The zero-order chi connectivity index (χ0) is 12.1. The molecule has 0 aromatic heterocycles. The first-order valence-electron chi connectivity index (χ1n) is 6.24. The number of amides is 1. The Morgan fingerprint density at radius 1 is 1.22 bits per heavy atom. The molecule has 3 nitrogen and oxygen atoms in total. The van der Waals surface area contributed by atoms with Crippen molar-refractivity contribution >= 4 is 18.3 Å². The Morgan fingerprint density at radius 2 is 1.89 bits per heavy atom. The summed E-state index contributed by atoms with van der Waals surface area (Å²) in [6, 6.07) is 10.3. The minimum absolute atomic E-state index is 0. The van der Waals surface area contributed by atoms with Gasteiger partial charge in [-0.15, -0.1) is 12.4 Å². The van der Waals surface area contributed by atoms with Crippen LogP contribution in [-0.2, 0) is 11.2 Å². The standard InChI is InChI=1S/C14H20N2O.ClH/c1-15-9-10-16-13(17)14(7-8-14)11-12-5-3-2-4-6-12;/h2-6,15H,7-11H2,1H3,(H,16,17);1H. The smallest absolute Gasteiger partial charge is 0.226 e. The van der Waals surface area contributed by atoms with Crippen molar-refractivity contribution in [2.45, 2.75) is 19.3 Å². The number of carbonyl (C=O) groups is 1. The molecule has 4 heteroatoms. The maximum Gasteiger partial charge on any atom is 0.226 e. The van der Waals surface area contributed by atoms with Gasteiger partial charge in [-0.1, -0.05) is 30.3 Å². The van der Waals surface area contributed by atoms with Crippen molar-refractivity contribution in [3.8, 4) is 0 Å². The maximum atomic E-state index is 12.1. The van der Waals surface area contributed by atoms with Crippen LogP contribution in [0.25, 0.3) is 0 Å². The molecule has 0 aliphatic heterocycles. The Bertz CT molecular complexity index is 377. The van der Waals surface area contributed by atoms with Crippen molar-refractivity contribution in [3.05, 3.63) is 35.9 Å². The van der Waals surface area contributed by atoms with Gasteiger partial charge in [0.1, 0.15) is 0 Å². The maximum absolute atomic E-state index is 12.1. The monoisotopic (exact) mass is 268 g/mol. The van der Waals surface area contributed by atoms with Crippen molar-refractivity contribution in [3.63, 3.8) is 0 Å². The fraction of sp³-hybridized carbons (Fsp3) is 0.500. The quantitative estimate of drug-likeness (QED) is 0.772. The summed E-state index contributed by atoms with van der Waals surface area (Å²) in [7, 11) is 1.89. The Kier molecular flexibility index (Phi) is 5.63. The van der Waals surface area contributed by atoms with Gasteiger partial charge in [-0.05, 0) is 31.9 Å². The van der Waals surface area contributed by atoms with Crippen molar-refractivity contribution in [1.29, 1.82) is 0 Å². The van der Waals surface area contributed by atoms with Crippen LogP contribution in [0.3, 0.4) is 0 Å². The lowest BCUT2D eigenvalue weighted by molar-refractivity contribution is -0.126. The fourth-order valence-corrected chi connectivity index (χ4v) is 2.11. The summed E-state index contributed by atoms with van der Waals surface area (Å²) >= 11 is 0. The molecule has 0 atom stereocenters. The SMILES string of the molecule is CNCCNC(=O)C1(Cc2ccccc2)CC1.Cl. The molecule has 1 saturated carbocycles. The van der Waals surface area contributed by atoms with Gasteiger partial charge in [0.25, 0.3) is 0 Å². The van der Waals surface area contributed by atoms with Crippen LogP contribution >= 0.6 is 12.4 Å². The second-order valence-electron chi connectivity index (χ2n) is 4.80. The van der Waals surface area contributed by atoms with E-state index in [9.17, 15) is 4.79 Å². The topological polar surface area (TPSA) is 41.1 Å². The predicted molar refractivity (Wildman–Crippen MR) is 76.0 cm³/mol. The third-order valence-corrected chi connectivity index (χ3v) is 3.38. The van der Waals surface area contributed by atoms with Crippen molar-refractivity contribution in [2.75, 3.05) is 20.1 Å². The molecule has 1 amide bonds. The number of halogens is 1. The summed E-state index contributed by atoms with van der Waals surface area (Å²) in [6.45, 7) is 1.54. The summed E-state index contributed by atoms with van der Waals surface area (Å²) in [6.07, 6.45) is 2.92. The molecule has 0 spiro atoms. The number of carbonyl (C=O) groups excluding carboxylic acids is 1. The minimum atomic E-state index is -0.116. The average molecular weight is 269 g/mol. The van der Waals surface area contributed by atoms with E-state index in [4.69, 9.17) is 0 Å². The highest BCUT2D eigenvalue weighted by Crippen LogP contribution is 2.48. The van der Waals surface area contributed by atoms with Gasteiger partial charge in [-0.2, -0.15) is 0 Å². The molecule has 100 valence electrons. The van der Waals surface area contributed by atoms with E-state index in [1.165, 1.54) is 5.56 Å². The van der Waals surface area contributed by atoms with Gasteiger partial charge in [-0.3, -0.25) is 4.79 Å². The van der Waals surface area contributed by atoms with E-state index in [1.54, 1.807) is 0 Å². The molecule has 1 aromatic carbocycles. The number of hydrogen-bond donors (Lipinski definition) is 2. The lowest BCUT2D eigenvalue weighted by Crippen LogP contribution is -2.37. The van der Waals surface area contributed by atoms with Crippen LogP contribution in [0.4, 0.5) is 0 Å². The van der Waals surface area contributed by atoms with E-state index >= 15 is 0 Å². The van der Waals surface area contributed by atoms with Crippen LogP contribution in [0, 0.1) is 5.41 Å². The van der Waals surface area contributed by atoms with Crippen LogP contribution in [0.5, 0.6) is 0 Å². The van der Waals surface area contributed by atoms with Gasteiger partial charge in [0.05, 0.1) is 5.41 Å². The fourth-order valence-electron chi connectivity index (χ4n) is 2.11. The van der Waals surface area contributed by atoms with E-state index in [1.807, 2.05) is 25.2 Å². The lowest BCUT2D eigenvalue weighted by atomic mass is 9.95. The molecular weight excluding hydrogens is 248 g/mol. The van der Waals surface area contributed by atoms with Gasteiger partial charge in [0.15, 0.2) is 0 Å². The van der Waals surface area contributed by atoms with Gasteiger partial charge in [-0.25, -0.2) is 0 Å². The van der Waals surface area contributed by atoms with Crippen LogP contribution in [0.15, 0.2) is 30.3 Å². The molecule has 2 N–H and O–H groups in total. The number of likely N-dealkylation sites (N-methyl/N-ethyl adjacent to an activating group) is 1. The van der Waals surface area contributed by atoms with Crippen molar-refractivity contribution in [2.24, 2.45) is 5.41 Å². The van der Waals surface area contributed by atoms with Gasteiger partial charge in [0, 0.05) is 13.1 Å². The molecule has 0 saturated heterocycles. The summed E-state index contributed by atoms with van der Waals surface area (Å²) < 4.78 is 0. The number of rotatable bonds is 6. The summed E-state index contributed by atoms with van der Waals surface area (Å²) in [5, 5.41) is 6.04. The molecule has 0 radical (unpaired) electrons. The van der Waals surface area contributed by atoms with Gasteiger partial charge in [0.2, 0.25) is 5.91 Å². The Hall–Kier alpha value is -1.06. The second kappa shape index (κ2) is 6.76. The summed E-state index contributed by atoms with van der Waals surface area (Å²) in [5.74, 6) is 0.219. The first-order valence-corrected chi connectivity index (χ1v) is 6.24. The normalized spacial score (nSPS) is 15.6. The van der Waals surface area contributed by atoms with Gasteiger partial charge >= 0.3 is 0 Å². The molecule has 18 heavy (non-hydrogen) atoms. The molecule has 2 rings (SSSR count). The highest BCUT2D eigenvalue weighted by molar-refractivity contribution is 5.85. The molecule has 0 bridgehead atoms. The van der Waals surface area contributed by atoms with Crippen LogP contribution < -0.4 is 10.6 Å². The lowest BCUT2D eigenvalue weighted by Gasteiger charge is -2.15. The molecule has 1 aromatic rings. The third-order valence-electron chi connectivity index (χ3n) is 3.38. The highest BCUT2D eigenvalue weighted by atomic mass is 35.5. The van der Waals surface area contributed by atoms with E-state index in [0.29, 0.717) is 6.54 Å². The zero-order valence-electron chi connectivity index (χ0n) is 10.7. The van der Waals surface area contributed by atoms with E-state index in [-0.39, 0.29) is 23.7 Å². The van der Waals surface area contributed by atoms with Crippen LogP contribution in [0.1, 0.15) is 18.4 Å². The number of hydrogen-bond acceptors (Lipinski definition) is 2. The van der Waals surface area contributed by atoms with E-state index < -0.39 is 0 Å². The third kappa shape index (κ3) is 3.72. The molecule has 0 unspecified atom stereocenters. The summed E-state index contributed by atoms with van der Waals surface area (Å²) in [4.78, 5) is 12.1. The Morgan fingerprint density at radius 3 is 2.44 bits per heavy atom. The van der Waals surface area contributed by atoms with Crippen molar-refractivity contribution in [1.82, 2.24) is 10.6 Å². The zero-order valence-corrected chi connectivity index (χ0v) is 11.6. The van der Waals surface area contributed by atoms with Crippen LogP contribution in [0.2, 0.25) is 0 Å². The molecule has 1 aliphatic rings. The van der Waals surface area contributed by atoms with E-state index in [2.05, 4.69) is 22.8 Å². The van der Waals surface area contributed by atoms with Crippen molar-refractivity contribution < 1.29 is 4.79 Å². The molecule has 0 heterocycles. The van der Waals surface area contributed by atoms with Crippen LogP contribution in [-0.4, -0.2) is 26.0 Å². The Labute approximate surface area is 115 Å². The average Bonchev–Trinajstić information content (AvgIpc) is 3.12. The number of benzene rings is 1. The molecule has 1 fully saturated rings. The predicted octanol–water partition coefficient (Wildman–Crippen LogP) is 1.77. The first kappa shape index (κ1) is 15.0. The summed E-state index contributed by atoms with van der Waals surface area (Å²) in [5.41, 5.74) is 1.14. The van der Waals surface area contributed by atoms with Gasteiger partial charge < -0.3 is 10.6 Å². The largest absolute Gasteiger partial charge is 0.354 e. The second-order valence-corrected chi connectivity index (χ2v) is 4.80. The Balaban J connectivity index is 0.00000162. The number of nitrogens with one attached hydrogen (secondary N) is 2. The molecular formula is C14H21ClN2O. The first-order chi connectivity index (χ1) is 8.27. The highest BCUT2D eigenvalue weighted by Gasteiger charge is 2.49. The molecule has 1 aliphatic carbocycles. The van der Waals surface area contributed by atoms with E-state index in [0.717, 1.165) is 25.8 Å². The minimum Gasteiger partial charge on any atom is -0.354 e.